The van der Waals surface area contributed by atoms with Crippen LogP contribution in [0.2, 0.25) is 0 Å². The van der Waals surface area contributed by atoms with Gasteiger partial charge in [0.25, 0.3) is 0 Å². The van der Waals surface area contributed by atoms with Crippen LogP contribution in [0.25, 0.3) is 0 Å². The van der Waals surface area contributed by atoms with Crippen LogP contribution in [0.3, 0.4) is 0 Å². The van der Waals surface area contributed by atoms with E-state index >= 15 is 0 Å². The molecule has 0 spiro atoms. The zero-order valence-corrected chi connectivity index (χ0v) is 10.7. The van der Waals surface area contributed by atoms with Crippen molar-refractivity contribution in [1.29, 1.82) is 0 Å². The van der Waals surface area contributed by atoms with Crippen LogP contribution in [0.1, 0.15) is 17.5 Å². The molecule has 1 N–H and O–H groups in total. The Bertz CT molecular complexity index is 491. The van der Waals surface area contributed by atoms with Crippen molar-refractivity contribution in [1.82, 2.24) is 0 Å². The molecular formula is C16H17FO2. The second kappa shape index (κ2) is 6.90. The lowest BCUT2D eigenvalue weighted by molar-refractivity contribution is 0.281. The van der Waals surface area contributed by atoms with Crippen LogP contribution in [0.4, 0.5) is 4.39 Å². The fraction of sp³-hybridized carbons (Fsp3) is 0.250. The summed E-state index contributed by atoms with van der Waals surface area (Å²) in [4.78, 5) is 0. The Balaban J connectivity index is 1.72. The minimum absolute atomic E-state index is 0.0465. The number of aryl methyl sites for hydroxylation is 1. The molecule has 0 unspecified atom stereocenters. The van der Waals surface area contributed by atoms with E-state index in [0.29, 0.717) is 6.61 Å². The van der Waals surface area contributed by atoms with E-state index in [-0.39, 0.29) is 12.4 Å². The maximum Gasteiger partial charge on any atom is 0.123 e. The number of aliphatic hydroxyl groups excluding tert-OH is 1. The maximum atomic E-state index is 12.7. The molecule has 3 heteroatoms. The van der Waals surface area contributed by atoms with Gasteiger partial charge in [-0.25, -0.2) is 4.39 Å². The van der Waals surface area contributed by atoms with Crippen LogP contribution < -0.4 is 4.74 Å². The van der Waals surface area contributed by atoms with Gasteiger partial charge in [0.2, 0.25) is 0 Å². The molecule has 0 amide bonds. The van der Waals surface area contributed by atoms with E-state index in [9.17, 15) is 4.39 Å². The number of halogens is 1. The first-order valence-electron chi connectivity index (χ1n) is 6.35. The molecule has 0 atom stereocenters. The fourth-order valence-electron chi connectivity index (χ4n) is 1.81. The standard InChI is InChI=1S/C16H17FO2/c17-15-7-3-13(4-8-15)2-1-11-19-16-9-5-14(12-18)6-10-16/h3-10,18H,1-2,11-12H2. The zero-order chi connectivity index (χ0) is 13.5. The van der Waals surface area contributed by atoms with Gasteiger partial charge in [0.05, 0.1) is 13.2 Å². The molecule has 0 saturated carbocycles. The minimum atomic E-state index is -0.205. The zero-order valence-electron chi connectivity index (χ0n) is 10.7. The van der Waals surface area contributed by atoms with Crippen molar-refractivity contribution in [2.75, 3.05) is 6.61 Å². The van der Waals surface area contributed by atoms with E-state index < -0.39 is 0 Å². The second-order valence-electron chi connectivity index (χ2n) is 4.38. The molecule has 0 radical (unpaired) electrons. The van der Waals surface area contributed by atoms with E-state index in [4.69, 9.17) is 9.84 Å². The number of ether oxygens (including phenoxy) is 1. The summed E-state index contributed by atoms with van der Waals surface area (Å²) in [6, 6.07) is 13.9. The van der Waals surface area contributed by atoms with Gasteiger partial charge in [-0.05, 0) is 48.2 Å². The predicted octanol–water partition coefficient (Wildman–Crippen LogP) is 3.33. The highest BCUT2D eigenvalue weighted by molar-refractivity contribution is 5.26. The Hall–Kier alpha value is -1.87. The molecule has 0 fully saturated rings. The number of hydrogen-bond donors (Lipinski definition) is 1. The van der Waals surface area contributed by atoms with E-state index in [2.05, 4.69) is 0 Å². The maximum absolute atomic E-state index is 12.7. The van der Waals surface area contributed by atoms with Crippen LogP contribution >= 0.6 is 0 Å². The topological polar surface area (TPSA) is 29.5 Å². The van der Waals surface area contributed by atoms with Gasteiger partial charge in [0, 0.05) is 0 Å². The number of benzene rings is 2. The van der Waals surface area contributed by atoms with Crippen LogP contribution in [0.15, 0.2) is 48.5 Å². The second-order valence-corrected chi connectivity index (χ2v) is 4.38. The van der Waals surface area contributed by atoms with Gasteiger partial charge in [-0.1, -0.05) is 24.3 Å². The quantitative estimate of drug-likeness (QED) is 0.807. The van der Waals surface area contributed by atoms with Crippen LogP contribution in [-0.4, -0.2) is 11.7 Å². The van der Waals surface area contributed by atoms with Gasteiger partial charge in [0.15, 0.2) is 0 Å². The number of hydrogen-bond acceptors (Lipinski definition) is 2. The molecule has 2 rings (SSSR count). The lowest BCUT2D eigenvalue weighted by Crippen LogP contribution is -1.99. The SMILES string of the molecule is OCc1ccc(OCCCc2ccc(F)cc2)cc1. The minimum Gasteiger partial charge on any atom is -0.494 e. The van der Waals surface area contributed by atoms with Crippen LogP contribution in [0.5, 0.6) is 5.75 Å². The summed E-state index contributed by atoms with van der Waals surface area (Å²) in [6.45, 7) is 0.667. The van der Waals surface area contributed by atoms with E-state index in [1.165, 1.54) is 12.1 Å². The third kappa shape index (κ3) is 4.38. The molecule has 0 aliphatic heterocycles. The van der Waals surface area contributed by atoms with Crippen molar-refractivity contribution in [3.05, 3.63) is 65.5 Å². The first kappa shape index (κ1) is 13.6. The molecule has 0 saturated heterocycles. The van der Waals surface area contributed by atoms with E-state index in [1.807, 2.05) is 24.3 Å². The monoisotopic (exact) mass is 260 g/mol. The molecule has 0 bridgehead atoms. The summed E-state index contributed by atoms with van der Waals surface area (Å²) in [5.41, 5.74) is 1.99. The highest BCUT2D eigenvalue weighted by atomic mass is 19.1. The van der Waals surface area contributed by atoms with Crippen molar-refractivity contribution in [3.8, 4) is 5.75 Å². The molecule has 100 valence electrons. The Morgan fingerprint density at radius 2 is 1.53 bits per heavy atom. The average Bonchev–Trinajstić information content (AvgIpc) is 2.46. The van der Waals surface area contributed by atoms with Gasteiger partial charge >= 0.3 is 0 Å². The summed E-state index contributed by atoms with van der Waals surface area (Å²) >= 11 is 0. The van der Waals surface area contributed by atoms with Crippen molar-refractivity contribution in [2.45, 2.75) is 19.4 Å². The van der Waals surface area contributed by atoms with Gasteiger partial charge in [-0.15, -0.1) is 0 Å². The summed E-state index contributed by atoms with van der Waals surface area (Å²) < 4.78 is 18.3. The van der Waals surface area contributed by atoms with E-state index in [0.717, 1.165) is 29.7 Å². The van der Waals surface area contributed by atoms with Crippen molar-refractivity contribution in [2.24, 2.45) is 0 Å². The van der Waals surface area contributed by atoms with E-state index in [1.54, 1.807) is 12.1 Å². The molecular weight excluding hydrogens is 243 g/mol. The Morgan fingerprint density at radius 3 is 2.16 bits per heavy atom. The average molecular weight is 260 g/mol. The Morgan fingerprint density at radius 1 is 0.895 bits per heavy atom. The Kier molecular flexibility index (Phi) is 4.93. The summed E-state index contributed by atoms with van der Waals surface area (Å²) in [7, 11) is 0. The third-order valence-electron chi connectivity index (χ3n) is 2.90. The molecule has 0 heterocycles. The van der Waals surface area contributed by atoms with Crippen LogP contribution in [-0.2, 0) is 13.0 Å². The highest BCUT2D eigenvalue weighted by Crippen LogP contribution is 2.13. The molecule has 0 aromatic heterocycles. The third-order valence-corrected chi connectivity index (χ3v) is 2.90. The molecule has 2 aromatic carbocycles. The van der Waals surface area contributed by atoms with Gasteiger partial charge in [-0.2, -0.15) is 0 Å². The lowest BCUT2D eigenvalue weighted by Gasteiger charge is -2.06. The summed E-state index contributed by atoms with van der Waals surface area (Å²) in [5.74, 6) is 0.597. The van der Waals surface area contributed by atoms with Crippen molar-refractivity contribution in [3.63, 3.8) is 0 Å². The lowest BCUT2D eigenvalue weighted by atomic mass is 10.1. The molecule has 2 nitrogen and oxygen atoms in total. The number of aliphatic hydroxyl groups is 1. The fourth-order valence-corrected chi connectivity index (χ4v) is 1.81. The molecule has 19 heavy (non-hydrogen) atoms. The predicted molar refractivity (Wildman–Crippen MR) is 72.6 cm³/mol. The first-order valence-corrected chi connectivity index (χ1v) is 6.35. The van der Waals surface area contributed by atoms with Crippen molar-refractivity contribution >= 4 is 0 Å². The van der Waals surface area contributed by atoms with Gasteiger partial charge < -0.3 is 9.84 Å². The normalized spacial score (nSPS) is 10.4. The molecule has 0 aliphatic carbocycles. The Labute approximate surface area is 112 Å². The first-order chi connectivity index (χ1) is 9.28. The van der Waals surface area contributed by atoms with Crippen molar-refractivity contribution < 1.29 is 14.2 Å². The van der Waals surface area contributed by atoms with Crippen LogP contribution in [0, 0.1) is 5.82 Å². The largest absolute Gasteiger partial charge is 0.494 e. The van der Waals surface area contributed by atoms with Gasteiger partial charge in [0.1, 0.15) is 11.6 Å². The smallest absolute Gasteiger partial charge is 0.123 e. The van der Waals surface area contributed by atoms with Gasteiger partial charge in [-0.3, -0.25) is 0 Å². The summed E-state index contributed by atoms with van der Waals surface area (Å²) in [5, 5.41) is 8.92. The molecule has 0 aliphatic rings. The molecule has 2 aromatic rings. The highest BCUT2D eigenvalue weighted by Gasteiger charge is 1.97. The number of rotatable bonds is 6. The summed E-state index contributed by atoms with van der Waals surface area (Å²) in [6.07, 6.45) is 1.75.